The summed E-state index contributed by atoms with van der Waals surface area (Å²) in [5.41, 5.74) is 1.21. The highest BCUT2D eigenvalue weighted by atomic mass is 35.5. The Morgan fingerprint density at radius 1 is 1.14 bits per heavy atom. The van der Waals surface area contributed by atoms with Gasteiger partial charge in [-0.3, -0.25) is 14.5 Å². The Kier molecular flexibility index (Phi) is 6.41. The van der Waals surface area contributed by atoms with Gasteiger partial charge in [0.05, 0.1) is 7.11 Å². The van der Waals surface area contributed by atoms with Crippen molar-refractivity contribution in [1.29, 1.82) is 0 Å². The third kappa shape index (κ3) is 5.07. The van der Waals surface area contributed by atoms with Crippen molar-refractivity contribution in [2.75, 3.05) is 25.5 Å². The summed E-state index contributed by atoms with van der Waals surface area (Å²) in [4.78, 5) is 38.5. The second-order valence-electron chi connectivity index (χ2n) is 6.16. The summed E-state index contributed by atoms with van der Waals surface area (Å²) in [6, 6.07) is 10.6. The number of rotatable bonds is 3. The molecule has 0 atom stereocenters. The maximum absolute atomic E-state index is 13.0. The molecule has 0 spiro atoms. The summed E-state index contributed by atoms with van der Waals surface area (Å²) in [5, 5.41) is 6.17. The predicted octanol–water partition coefficient (Wildman–Crippen LogP) is 3.58. The van der Waals surface area contributed by atoms with Gasteiger partial charge in [-0.1, -0.05) is 23.2 Å². The Hall–Kier alpha value is -3.03. The lowest BCUT2D eigenvalue weighted by atomic mass is 10.1. The van der Waals surface area contributed by atoms with E-state index < -0.39 is 24.4 Å². The molecule has 9 heteroatoms. The number of hydrogen-bond acceptors (Lipinski definition) is 4. The van der Waals surface area contributed by atoms with Gasteiger partial charge >= 0.3 is 6.03 Å². The van der Waals surface area contributed by atoms with Gasteiger partial charge in [0.1, 0.15) is 12.3 Å². The number of anilines is 1. The number of carbonyl (C=O) groups excluding carboxylic acids is 3. The molecule has 4 amide bonds. The lowest BCUT2D eigenvalue weighted by Crippen LogP contribution is -2.43. The van der Waals surface area contributed by atoms with Crippen molar-refractivity contribution in [3.05, 3.63) is 63.6 Å². The minimum absolute atomic E-state index is 0.0297. The number of urea groups is 1. The van der Waals surface area contributed by atoms with Gasteiger partial charge in [0, 0.05) is 33.4 Å². The number of nitrogens with zero attached hydrogens (tertiary/aromatic N) is 1. The Labute approximate surface area is 177 Å². The molecule has 0 radical (unpaired) electrons. The largest absolute Gasteiger partial charge is 0.496 e. The molecule has 1 saturated heterocycles. The van der Waals surface area contributed by atoms with Gasteiger partial charge in [0.15, 0.2) is 0 Å². The van der Waals surface area contributed by atoms with E-state index in [-0.39, 0.29) is 12.1 Å². The molecule has 3 rings (SSSR count). The number of benzene rings is 2. The number of hydrogen-bond donors (Lipinski definition) is 2. The van der Waals surface area contributed by atoms with Crippen LogP contribution in [-0.2, 0) is 9.59 Å². The summed E-state index contributed by atoms with van der Waals surface area (Å²) in [7, 11) is 1.49. The molecule has 1 heterocycles. The van der Waals surface area contributed by atoms with Gasteiger partial charge < -0.3 is 15.4 Å². The fraction of sp³-hybridized carbons (Fsp3) is 0.150. The highest BCUT2D eigenvalue weighted by Gasteiger charge is 2.30. The third-order valence-electron chi connectivity index (χ3n) is 4.16. The number of carbonyl (C=O) groups is 3. The first-order valence-corrected chi connectivity index (χ1v) is 9.32. The Morgan fingerprint density at radius 2 is 1.83 bits per heavy atom. The van der Waals surface area contributed by atoms with Gasteiger partial charge in [-0.15, -0.1) is 0 Å². The molecule has 0 unspecified atom stereocenters. The first kappa shape index (κ1) is 20.7. The van der Waals surface area contributed by atoms with E-state index in [1.165, 1.54) is 7.11 Å². The fourth-order valence-corrected chi connectivity index (χ4v) is 3.03. The van der Waals surface area contributed by atoms with Crippen LogP contribution in [-0.4, -0.2) is 42.9 Å². The Balaban J connectivity index is 1.89. The van der Waals surface area contributed by atoms with Crippen molar-refractivity contribution in [1.82, 2.24) is 10.2 Å². The molecule has 0 bridgehead atoms. The smallest absolute Gasteiger partial charge is 0.329 e. The second kappa shape index (κ2) is 8.98. The van der Waals surface area contributed by atoms with E-state index in [4.69, 9.17) is 27.9 Å². The van der Waals surface area contributed by atoms with Crippen molar-refractivity contribution in [3.63, 3.8) is 0 Å². The van der Waals surface area contributed by atoms with Gasteiger partial charge in [-0.25, -0.2) is 4.79 Å². The molecule has 2 aromatic rings. The van der Waals surface area contributed by atoms with Gasteiger partial charge in [-0.05, 0) is 48.5 Å². The standard InChI is InChI=1S/C20H17Cl2N3O4/c1-29-17-7-4-15(22)9-12(17)8-13-10-23-18(26)11-25(19(13)27)20(28)24-16-5-2-14(21)3-6-16/h2-9H,10-11H2,1H3,(H,23,26)(H,24,28). The van der Waals surface area contributed by atoms with E-state index >= 15 is 0 Å². The number of halogens is 2. The molecule has 2 N–H and O–H groups in total. The second-order valence-corrected chi connectivity index (χ2v) is 7.03. The van der Waals surface area contributed by atoms with Crippen LogP contribution < -0.4 is 15.4 Å². The van der Waals surface area contributed by atoms with Crippen LogP contribution in [0.15, 0.2) is 48.0 Å². The lowest BCUT2D eigenvalue weighted by molar-refractivity contribution is -0.128. The molecule has 0 aliphatic carbocycles. The van der Waals surface area contributed by atoms with Crippen LogP contribution in [0.5, 0.6) is 5.75 Å². The SMILES string of the molecule is COc1ccc(Cl)cc1C=C1CNC(=O)CN(C(=O)Nc2ccc(Cl)cc2)C1=O. The van der Waals surface area contributed by atoms with E-state index in [0.717, 1.165) is 4.90 Å². The maximum Gasteiger partial charge on any atom is 0.329 e. The zero-order valence-electron chi connectivity index (χ0n) is 15.4. The molecule has 150 valence electrons. The minimum Gasteiger partial charge on any atom is -0.496 e. The van der Waals surface area contributed by atoms with Crippen LogP contribution >= 0.6 is 23.2 Å². The van der Waals surface area contributed by atoms with Crippen molar-refractivity contribution < 1.29 is 19.1 Å². The van der Waals surface area contributed by atoms with Crippen LogP contribution in [0.1, 0.15) is 5.56 Å². The zero-order chi connectivity index (χ0) is 21.0. The molecule has 1 fully saturated rings. The topological polar surface area (TPSA) is 87.7 Å². The van der Waals surface area contributed by atoms with Crippen LogP contribution in [0, 0.1) is 0 Å². The van der Waals surface area contributed by atoms with E-state index in [1.807, 2.05) is 0 Å². The van der Waals surface area contributed by atoms with Crippen LogP contribution in [0.3, 0.4) is 0 Å². The van der Waals surface area contributed by atoms with Crippen LogP contribution in [0.2, 0.25) is 10.0 Å². The molecular formula is C20H17Cl2N3O4. The van der Waals surface area contributed by atoms with Crippen LogP contribution in [0.25, 0.3) is 6.08 Å². The highest BCUT2D eigenvalue weighted by Crippen LogP contribution is 2.26. The number of nitrogens with one attached hydrogen (secondary N) is 2. The average Bonchev–Trinajstić information content (AvgIpc) is 2.83. The zero-order valence-corrected chi connectivity index (χ0v) is 16.9. The number of imide groups is 1. The van der Waals surface area contributed by atoms with E-state index in [2.05, 4.69) is 10.6 Å². The molecule has 1 aliphatic rings. The number of amides is 4. The van der Waals surface area contributed by atoms with E-state index in [1.54, 1.807) is 48.5 Å². The first-order valence-electron chi connectivity index (χ1n) is 8.56. The quantitative estimate of drug-likeness (QED) is 0.724. The third-order valence-corrected chi connectivity index (χ3v) is 4.65. The monoisotopic (exact) mass is 433 g/mol. The first-order chi connectivity index (χ1) is 13.9. The van der Waals surface area contributed by atoms with Crippen LogP contribution in [0.4, 0.5) is 10.5 Å². The summed E-state index contributed by atoms with van der Waals surface area (Å²) < 4.78 is 5.29. The van der Waals surface area contributed by atoms with Gasteiger partial charge in [-0.2, -0.15) is 0 Å². The molecular weight excluding hydrogens is 417 g/mol. The summed E-state index contributed by atoms with van der Waals surface area (Å²) in [5.74, 6) is -0.551. The number of methoxy groups -OCH3 is 1. The molecule has 7 nitrogen and oxygen atoms in total. The molecule has 0 saturated carbocycles. The predicted molar refractivity (Wildman–Crippen MR) is 111 cm³/mol. The van der Waals surface area contributed by atoms with Crippen molar-refractivity contribution >= 4 is 52.8 Å². The lowest BCUT2D eigenvalue weighted by Gasteiger charge is -2.19. The Morgan fingerprint density at radius 3 is 2.52 bits per heavy atom. The van der Waals surface area contributed by atoms with Gasteiger partial charge in [0.2, 0.25) is 5.91 Å². The molecule has 0 aromatic heterocycles. The maximum atomic E-state index is 13.0. The van der Waals surface area contributed by atoms with Crippen molar-refractivity contribution in [3.8, 4) is 5.75 Å². The van der Waals surface area contributed by atoms with Crippen molar-refractivity contribution in [2.24, 2.45) is 0 Å². The average molecular weight is 434 g/mol. The van der Waals surface area contributed by atoms with Crippen molar-refractivity contribution in [2.45, 2.75) is 0 Å². The normalized spacial score (nSPS) is 15.7. The van der Waals surface area contributed by atoms with E-state index in [0.29, 0.717) is 27.0 Å². The molecule has 29 heavy (non-hydrogen) atoms. The number of ether oxygens (including phenoxy) is 1. The fourth-order valence-electron chi connectivity index (χ4n) is 2.72. The summed E-state index contributed by atoms with van der Waals surface area (Å²) >= 11 is 11.9. The van der Waals surface area contributed by atoms with Gasteiger partial charge in [0.25, 0.3) is 5.91 Å². The molecule has 1 aliphatic heterocycles. The molecule has 2 aromatic carbocycles. The summed E-state index contributed by atoms with van der Waals surface area (Å²) in [6.07, 6.45) is 1.54. The minimum atomic E-state index is -0.724. The summed E-state index contributed by atoms with van der Waals surface area (Å²) in [6.45, 7) is -0.430. The van der Waals surface area contributed by atoms with E-state index in [9.17, 15) is 14.4 Å². The highest BCUT2D eigenvalue weighted by molar-refractivity contribution is 6.31. The Bertz CT molecular complexity index is 990.